The Kier molecular flexibility index (Phi) is 33.9. The van der Waals surface area contributed by atoms with Crippen molar-refractivity contribution in [2.45, 2.75) is 233 Å². The molecule has 0 heterocycles. The van der Waals surface area contributed by atoms with Gasteiger partial charge >= 0.3 is 5.97 Å². The van der Waals surface area contributed by atoms with Crippen LogP contribution in [0.3, 0.4) is 0 Å². The lowest BCUT2D eigenvalue weighted by Gasteiger charge is -2.18. The van der Waals surface area contributed by atoms with Gasteiger partial charge in [0.05, 0.1) is 25.9 Å². The molecule has 5 nitrogen and oxygen atoms in total. The predicted molar refractivity (Wildman–Crippen MR) is 229 cm³/mol. The lowest BCUT2D eigenvalue weighted by atomic mass is 10.1. The largest absolute Gasteiger partial charge is 0.490 e. The number of hydrogen-bond acceptors (Lipinski definition) is 5. The smallest absolute Gasteiger partial charge is 0.331 e. The summed E-state index contributed by atoms with van der Waals surface area (Å²) >= 11 is 0. The van der Waals surface area contributed by atoms with Crippen molar-refractivity contribution < 1.29 is 23.7 Å². The van der Waals surface area contributed by atoms with Crippen molar-refractivity contribution >= 4 is 12.0 Å². The van der Waals surface area contributed by atoms with Gasteiger partial charge in [0.2, 0.25) is 5.75 Å². The normalized spacial score (nSPS) is 11.5. The molecule has 0 unspecified atom stereocenters. The summed E-state index contributed by atoms with van der Waals surface area (Å²) < 4.78 is 24.8. The van der Waals surface area contributed by atoms with Crippen LogP contribution in [0.25, 0.3) is 6.08 Å². The summed E-state index contributed by atoms with van der Waals surface area (Å²) in [6, 6.07) is 3.99. The first-order valence-electron chi connectivity index (χ1n) is 23.0. The molecule has 5 heteroatoms. The molecule has 0 atom stereocenters. The quantitative estimate of drug-likeness (QED) is 0.0382. The second-order valence-electron chi connectivity index (χ2n) is 15.8. The Hall–Kier alpha value is -2.17. The van der Waals surface area contributed by atoms with Gasteiger partial charge in [-0.25, -0.2) is 4.79 Å². The Bertz CT molecular complexity index is 939. The Morgan fingerprint density at radius 1 is 0.472 bits per heavy atom. The van der Waals surface area contributed by atoms with Crippen molar-refractivity contribution in [1.82, 2.24) is 0 Å². The van der Waals surface area contributed by atoms with Crippen molar-refractivity contribution in [2.75, 3.05) is 19.8 Å². The first-order valence-corrected chi connectivity index (χ1v) is 23.0. The number of hydrogen-bond donors (Lipinski definition) is 0. The third kappa shape index (κ3) is 29.8. The Balaban J connectivity index is 2.85. The molecule has 0 aliphatic heterocycles. The molecule has 0 aliphatic carbocycles. The first kappa shape index (κ1) is 48.8. The minimum Gasteiger partial charge on any atom is -0.490 e. The van der Waals surface area contributed by atoms with Crippen molar-refractivity contribution in [2.24, 2.45) is 0 Å². The van der Waals surface area contributed by atoms with E-state index in [4.69, 9.17) is 18.9 Å². The molecule has 0 radical (unpaired) electrons. The molecule has 0 saturated carbocycles. The van der Waals surface area contributed by atoms with E-state index >= 15 is 0 Å². The molecule has 0 saturated heterocycles. The maximum atomic E-state index is 12.4. The highest BCUT2D eigenvalue weighted by atomic mass is 16.5. The molecule has 0 N–H and O–H groups in total. The second kappa shape index (κ2) is 36.8. The van der Waals surface area contributed by atoms with Gasteiger partial charge in [-0.2, -0.15) is 0 Å². The minimum atomic E-state index is -0.345. The van der Waals surface area contributed by atoms with Gasteiger partial charge in [-0.3, -0.25) is 0 Å². The predicted octanol–water partition coefficient (Wildman–Crippen LogP) is 15.6. The molecule has 0 amide bonds. The molecule has 308 valence electrons. The highest BCUT2D eigenvalue weighted by Gasteiger charge is 2.16. The van der Waals surface area contributed by atoms with Gasteiger partial charge in [0.15, 0.2) is 11.5 Å². The van der Waals surface area contributed by atoms with Gasteiger partial charge in [-0.05, 0) is 56.9 Å². The van der Waals surface area contributed by atoms with E-state index in [0.717, 1.165) is 24.8 Å². The lowest BCUT2D eigenvalue weighted by molar-refractivity contribution is -0.141. The van der Waals surface area contributed by atoms with Crippen molar-refractivity contribution in [3.63, 3.8) is 0 Å². The summed E-state index contributed by atoms with van der Waals surface area (Å²) in [4.78, 5) is 12.4. The molecule has 0 spiro atoms. The van der Waals surface area contributed by atoms with E-state index in [1.54, 1.807) is 6.08 Å². The number of ether oxygens (including phenoxy) is 4. The van der Waals surface area contributed by atoms with Crippen LogP contribution in [-0.2, 0) is 9.53 Å². The second-order valence-corrected chi connectivity index (χ2v) is 15.8. The van der Waals surface area contributed by atoms with Crippen molar-refractivity contribution in [1.29, 1.82) is 0 Å². The van der Waals surface area contributed by atoms with Gasteiger partial charge < -0.3 is 18.9 Å². The summed E-state index contributed by atoms with van der Waals surface area (Å²) in [5, 5.41) is 0. The summed E-state index contributed by atoms with van der Waals surface area (Å²) in [5.41, 5.74) is 0.855. The van der Waals surface area contributed by atoms with Crippen molar-refractivity contribution in [3.05, 3.63) is 23.8 Å². The average Bonchev–Trinajstić information content (AvgIpc) is 3.14. The summed E-state index contributed by atoms with van der Waals surface area (Å²) in [6.07, 6.45) is 41.9. The third-order valence-electron chi connectivity index (χ3n) is 10.1. The monoisotopic (exact) mass is 743 g/mol. The van der Waals surface area contributed by atoms with Gasteiger partial charge in [0.25, 0.3) is 0 Å². The lowest BCUT2D eigenvalue weighted by Crippen LogP contribution is -2.08. The average molecular weight is 743 g/mol. The van der Waals surface area contributed by atoms with Crippen LogP contribution in [-0.4, -0.2) is 31.9 Å². The zero-order valence-electron chi connectivity index (χ0n) is 35.8. The van der Waals surface area contributed by atoms with Crippen LogP contribution < -0.4 is 14.2 Å². The molecule has 1 rings (SSSR count). The first-order chi connectivity index (χ1) is 26.0. The molecule has 1 aromatic rings. The van der Waals surface area contributed by atoms with Crippen LogP contribution in [0.15, 0.2) is 18.2 Å². The maximum Gasteiger partial charge on any atom is 0.331 e. The maximum absolute atomic E-state index is 12.4. The highest BCUT2D eigenvalue weighted by molar-refractivity contribution is 5.87. The molecule has 0 aliphatic rings. The minimum absolute atomic E-state index is 0.159. The van der Waals surface area contributed by atoms with Crippen LogP contribution >= 0.6 is 0 Å². The molecule has 0 bridgehead atoms. The number of unbranched alkanes of at least 4 members (excludes halogenated alkanes) is 27. The standard InChI is InChI=1S/C48H86O5/c1-6-9-12-15-18-21-24-27-30-33-38-50-45-41-44(36-37-47(49)53-43(4)5)42-46(51-39-34-31-28-25-22-19-16-13-10-7-2)48(45)52-40-35-32-29-26-23-20-17-14-11-8-3/h36-37,41-43H,6-35,38-40H2,1-5H3. The highest BCUT2D eigenvalue weighted by Crippen LogP contribution is 2.40. The Labute approximate surface area is 329 Å². The zero-order chi connectivity index (χ0) is 38.5. The number of rotatable bonds is 39. The molecule has 1 aromatic carbocycles. The fourth-order valence-electron chi connectivity index (χ4n) is 6.79. The Morgan fingerprint density at radius 2 is 0.774 bits per heavy atom. The van der Waals surface area contributed by atoms with E-state index in [0.29, 0.717) is 37.1 Å². The van der Waals surface area contributed by atoms with Gasteiger partial charge in [-0.1, -0.05) is 194 Å². The van der Waals surface area contributed by atoms with E-state index in [2.05, 4.69) is 20.8 Å². The summed E-state index contributed by atoms with van der Waals surface area (Å²) in [7, 11) is 0. The van der Waals surface area contributed by atoms with Gasteiger partial charge in [0.1, 0.15) is 0 Å². The number of carbonyl (C=O) groups is 1. The fourth-order valence-corrected chi connectivity index (χ4v) is 6.79. The molecule has 53 heavy (non-hydrogen) atoms. The SMILES string of the molecule is CCCCCCCCCCCCOc1cc(C=CC(=O)OC(C)C)cc(OCCCCCCCCCCCC)c1OCCCCCCCCCCCC. The van der Waals surface area contributed by atoms with E-state index in [9.17, 15) is 4.79 Å². The van der Waals surface area contributed by atoms with Crippen LogP contribution in [0.1, 0.15) is 233 Å². The number of carbonyl (C=O) groups excluding carboxylic acids is 1. The topological polar surface area (TPSA) is 54.0 Å². The molecule has 0 aromatic heterocycles. The van der Waals surface area contributed by atoms with Gasteiger partial charge in [-0.15, -0.1) is 0 Å². The van der Waals surface area contributed by atoms with Crippen LogP contribution in [0.2, 0.25) is 0 Å². The van der Waals surface area contributed by atoms with Crippen LogP contribution in [0, 0.1) is 0 Å². The summed E-state index contributed by atoms with van der Waals surface area (Å²) in [5.74, 6) is 1.79. The zero-order valence-corrected chi connectivity index (χ0v) is 35.8. The third-order valence-corrected chi connectivity index (χ3v) is 10.1. The molecular weight excluding hydrogens is 657 g/mol. The summed E-state index contributed by atoms with van der Waals surface area (Å²) in [6.45, 7) is 12.5. The van der Waals surface area contributed by atoms with Crippen molar-refractivity contribution in [3.8, 4) is 17.2 Å². The molecule has 0 fully saturated rings. The van der Waals surface area contributed by atoms with Gasteiger partial charge in [0, 0.05) is 6.08 Å². The van der Waals surface area contributed by atoms with E-state index in [-0.39, 0.29) is 12.1 Å². The van der Waals surface area contributed by atoms with Crippen LogP contribution in [0.5, 0.6) is 17.2 Å². The van der Waals surface area contributed by atoms with Crippen LogP contribution in [0.4, 0.5) is 0 Å². The Morgan fingerprint density at radius 3 is 1.09 bits per heavy atom. The fraction of sp³-hybridized carbons (Fsp3) is 0.812. The number of benzene rings is 1. The number of esters is 1. The van der Waals surface area contributed by atoms with E-state index in [1.165, 1.54) is 179 Å². The van der Waals surface area contributed by atoms with E-state index < -0.39 is 0 Å². The molecular formula is C48H86O5. The van der Waals surface area contributed by atoms with E-state index in [1.807, 2.05) is 26.0 Å².